The quantitative estimate of drug-likeness (QED) is 0.302. The van der Waals surface area contributed by atoms with Crippen molar-refractivity contribution in [3.8, 4) is 5.75 Å². The Balaban J connectivity index is 2.14. The summed E-state index contributed by atoms with van der Waals surface area (Å²) in [5.74, 6) is 0.959. The van der Waals surface area contributed by atoms with Gasteiger partial charge in [0.2, 0.25) is 0 Å². The lowest BCUT2D eigenvalue weighted by atomic mass is 10.1. The topological polar surface area (TPSA) is 26.3 Å². The van der Waals surface area contributed by atoms with E-state index in [1.807, 2.05) is 30.3 Å². The van der Waals surface area contributed by atoms with E-state index in [1.165, 1.54) is 32.1 Å². The number of hydrogen-bond acceptors (Lipinski definition) is 2. The number of halogens is 1. The highest BCUT2D eigenvalue weighted by Crippen LogP contribution is 2.14. The van der Waals surface area contributed by atoms with Crippen LogP contribution < -0.4 is 4.74 Å². The molecule has 0 unspecified atom stereocenters. The summed E-state index contributed by atoms with van der Waals surface area (Å²) in [5, 5.41) is 1.12. The SMILES string of the molecule is CC(=O)C=Cc1ccc(OCCCCCCCCBr)cc1. The van der Waals surface area contributed by atoms with E-state index in [9.17, 15) is 4.79 Å². The summed E-state index contributed by atoms with van der Waals surface area (Å²) >= 11 is 3.45. The molecular formula is C18H25BrO2. The molecular weight excluding hydrogens is 328 g/mol. The predicted octanol–water partition coefficient (Wildman–Crippen LogP) is 5.40. The van der Waals surface area contributed by atoms with Crippen LogP contribution in [0.25, 0.3) is 6.08 Å². The van der Waals surface area contributed by atoms with Gasteiger partial charge >= 0.3 is 0 Å². The molecule has 1 rings (SSSR count). The molecule has 0 amide bonds. The molecule has 2 nitrogen and oxygen atoms in total. The third kappa shape index (κ3) is 9.46. The number of ether oxygens (including phenoxy) is 1. The molecule has 0 saturated heterocycles. The third-order valence-corrected chi connectivity index (χ3v) is 3.75. The second-order valence-electron chi connectivity index (χ2n) is 5.17. The molecule has 0 N–H and O–H groups in total. The van der Waals surface area contributed by atoms with Crippen LogP contribution in [-0.4, -0.2) is 17.7 Å². The number of allylic oxidation sites excluding steroid dienone is 1. The van der Waals surface area contributed by atoms with Gasteiger partial charge in [-0.2, -0.15) is 0 Å². The Morgan fingerprint density at radius 1 is 1.05 bits per heavy atom. The minimum atomic E-state index is 0.0615. The molecule has 0 fully saturated rings. The predicted molar refractivity (Wildman–Crippen MR) is 93.1 cm³/mol. The van der Waals surface area contributed by atoms with E-state index < -0.39 is 0 Å². The highest BCUT2D eigenvalue weighted by Gasteiger charge is 1.95. The number of ketones is 1. The van der Waals surface area contributed by atoms with Crippen molar-refractivity contribution >= 4 is 27.8 Å². The molecule has 0 aliphatic heterocycles. The Morgan fingerprint density at radius 3 is 2.29 bits per heavy atom. The monoisotopic (exact) mass is 352 g/mol. The highest BCUT2D eigenvalue weighted by atomic mass is 79.9. The molecule has 0 radical (unpaired) electrons. The minimum Gasteiger partial charge on any atom is -0.494 e. The normalized spacial score (nSPS) is 11.0. The van der Waals surface area contributed by atoms with Gasteiger partial charge in [-0.1, -0.05) is 59.8 Å². The Kier molecular flexibility index (Phi) is 9.88. The second kappa shape index (κ2) is 11.6. The lowest BCUT2D eigenvalue weighted by molar-refractivity contribution is -0.112. The summed E-state index contributed by atoms with van der Waals surface area (Å²) in [5.41, 5.74) is 1.02. The van der Waals surface area contributed by atoms with Crippen LogP contribution in [0, 0.1) is 0 Å². The highest BCUT2D eigenvalue weighted by molar-refractivity contribution is 9.09. The number of alkyl halides is 1. The lowest BCUT2D eigenvalue weighted by Crippen LogP contribution is -1.97. The number of rotatable bonds is 11. The molecule has 3 heteroatoms. The zero-order valence-corrected chi connectivity index (χ0v) is 14.4. The van der Waals surface area contributed by atoms with Crippen molar-refractivity contribution in [3.05, 3.63) is 35.9 Å². The zero-order valence-electron chi connectivity index (χ0n) is 12.8. The molecule has 0 aliphatic carbocycles. The van der Waals surface area contributed by atoms with Gasteiger partial charge in [0.15, 0.2) is 5.78 Å². The Hall–Kier alpha value is -1.09. The van der Waals surface area contributed by atoms with Crippen molar-refractivity contribution < 1.29 is 9.53 Å². The summed E-state index contributed by atoms with van der Waals surface area (Å²) in [4.78, 5) is 10.9. The van der Waals surface area contributed by atoms with E-state index >= 15 is 0 Å². The summed E-state index contributed by atoms with van der Waals surface area (Å²) in [6, 6.07) is 7.84. The van der Waals surface area contributed by atoms with Crippen molar-refractivity contribution in [1.82, 2.24) is 0 Å². The first-order chi connectivity index (χ1) is 10.2. The number of unbranched alkanes of at least 4 members (excludes halogenated alkanes) is 5. The molecule has 0 spiro atoms. The summed E-state index contributed by atoms with van der Waals surface area (Å²) < 4.78 is 5.72. The fraction of sp³-hybridized carbons (Fsp3) is 0.500. The van der Waals surface area contributed by atoms with Crippen molar-refractivity contribution in [2.75, 3.05) is 11.9 Å². The van der Waals surface area contributed by atoms with Crippen LogP contribution in [0.1, 0.15) is 51.0 Å². The Labute approximate surface area is 136 Å². The minimum absolute atomic E-state index is 0.0615. The van der Waals surface area contributed by atoms with Gasteiger partial charge in [-0.3, -0.25) is 4.79 Å². The van der Waals surface area contributed by atoms with Gasteiger partial charge in [0.1, 0.15) is 5.75 Å². The van der Waals surface area contributed by atoms with E-state index in [-0.39, 0.29) is 5.78 Å². The number of carbonyl (C=O) groups excluding carboxylic acids is 1. The molecule has 116 valence electrons. The smallest absolute Gasteiger partial charge is 0.152 e. The van der Waals surface area contributed by atoms with Crippen molar-refractivity contribution in [1.29, 1.82) is 0 Å². The van der Waals surface area contributed by atoms with Crippen molar-refractivity contribution in [3.63, 3.8) is 0 Å². The van der Waals surface area contributed by atoms with Gasteiger partial charge in [0.25, 0.3) is 0 Å². The third-order valence-electron chi connectivity index (χ3n) is 3.19. The maximum atomic E-state index is 10.9. The average molecular weight is 353 g/mol. The summed E-state index contributed by atoms with van der Waals surface area (Å²) in [6.45, 7) is 2.33. The lowest BCUT2D eigenvalue weighted by Gasteiger charge is -2.06. The van der Waals surface area contributed by atoms with Gasteiger partial charge in [-0.05, 0) is 43.5 Å². The van der Waals surface area contributed by atoms with Crippen LogP contribution in [0.4, 0.5) is 0 Å². The van der Waals surface area contributed by atoms with E-state index in [2.05, 4.69) is 15.9 Å². The summed E-state index contributed by atoms with van der Waals surface area (Å²) in [6.07, 6.45) is 11.0. The fourth-order valence-electron chi connectivity index (χ4n) is 1.98. The first kappa shape index (κ1) is 18.0. The van der Waals surface area contributed by atoms with Gasteiger partial charge in [0.05, 0.1) is 6.61 Å². The largest absolute Gasteiger partial charge is 0.494 e. The number of carbonyl (C=O) groups is 1. The van der Waals surface area contributed by atoms with Crippen LogP contribution in [0.2, 0.25) is 0 Å². The van der Waals surface area contributed by atoms with Crippen LogP contribution >= 0.6 is 15.9 Å². The molecule has 0 saturated carbocycles. The summed E-state index contributed by atoms with van der Waals surface area (Å²) in [7, 11) is 0. The van der Waals surface area contributed by atoms with Gasteiger partial charge in [-0.25, -0.2) is 0 Å². The maximum Gasteiger partial charge on any atom is 0.152 e. The molecule has 0 bridgehead atoms. The van der Waals surface area contributed by atoms with Crippen LogP contribution in [0.5, 0.6) is 5.75 Å². The van der Waals surface area contributed by atoms with Gasteiger partial charge in [0, 0.05) is 5.33 Å². The molecule has 21 heavy (non-hydrogen) atoms. The molecule has 0 atom stereocenters. The Morgan fingerprint density at radius 2 is 1.67 bits per heavy atom. The molecule has 0 aliphatic rings. The molecule has 0 aromatic heterocycles. The van der Waals surface area contributed by atoms with Crippen LogP contribution in [0.3, 0.4) is 0 Å². The van der Waals surface area contributed by atoms with E-state index in [0.29, 0.717) is 0 Å². The Bertz CT molecular complexity index is 423. The first-order valence-electron chi connectivity index (χ1n) is 7.70. The van der Waals surface area contributed by atoms with Crippen molar-refractivity contribution in [2.45, 2.75) is 45.4 Å². The van der Waals surface area contributed by atoms with E-state index in [1.54, 1.807) is 13.0 Å². The second-order valence-corrected chi connectivity index (χ2v) is 5.96. The van der Waals surface area contributed by atoms with Gasteiger partial charge < -0.3 is 4.74 Å². The van der Waals surface area contributed by atoms with Crippen LogP contribution in [0.15, 0.2) is 30.3 Å². The van der Waals surface area contributed by atoms with Crippen LogP contribution in [-0.2, 0) is 4.79 Å². The standard InChI is InChI=1S/C18H25BrO2/c1-16(20)8-9-17-10-12-18(13-11-17)21-15-7-5-3-2-4-6-14-19/h8-13H,2-7,14-15H2,1H3. The molecule has 1 aromatic carbocycles. The van der Waals surface area contributed by atoms with Crippen molar-refractivity contribution in [2.24, 2.45) is 0 Å². The van der Waals surface area contributed by atoms with Gasteiger partial charge in [-0.15, -0.1) is 0 Å². The number of benzene rings is 1. The average Bonchev–Trinajstić information content (AvgIpc) is 2.49. The molecule has 0 heterocycles. The fourth-order valence-corrected chi connectivity index (χ4v) is 2.38. The first-order valence-corrected chi connectivity index (χ1v) is 8.82. The van der Waals surface area contributed by atoms with E-state index in [4.69, 9.17) is 4.74 Å². The number of hydrogen-bond donors (Lipinski definition) is 0. The molecule has 1 aromatic rings. The zero-order chi connectivity index (χ0) is 15.3. The maximum absolute atomic E-state index is 10.9. The van der Waals surface area contributed by atoms with E-state index in [0.717, 1.165) is 29.7 Å².